The SMILES string of the molecule is N#Cc1ccc(C(N)CN)cc1Cl. The lowest BCUT2D eigenvalue weighted by Gasteiger charge is -2.09. The second-order valence-corrected chi connectivity index (χ2v) is 3.10. The second-order valence-electron chi connectivity index (χ2n) is 2.69. The second kappa shape index (κ2) is 4.24. The third kappa shape index (κ3) is 2.19. The van der Waals surface area contributed by atoms with Crippen LogP contribution < -0.4 is 11.5 Å². The molecule has 1 unspecified atom stereocenters. The zero-order chi connectivity index (χ0) is 9.84. The number of hydrogen-bond acceptors (Lipinski definition) is 3. The summed E-state index contributed by atoms with van der Waals surface area (Å²) in [5, 5.41) is 9.04. The Morgan fingerprint density at radius 2 is 2.23 bits per heavy atom. The van der Waals surface area contributed by atoms with Crippen molar-refractivity contribution in [3.05, 3.63) is 34.3 Å². The molecule has 4 heteroatoms. The highest BCUT2D eigenvalue weighted by Gasteiger charge is 2.06. The molecule has 1 aromatic rings. The van der Waals surface area contributed by atoms with E-state index in [9.17, 15) is 0 Å². The Kier molecular flexibility index (Phi) is 3.26. The van der Waals surface area contributed by atoms with Crippen LogP contribution in [0.5, 0.6) is 0 Å². The highest BCUT2D eigenvalue weighted by Crippen LogP contribution is 2.19. The molecule has 68 valence electrons. The minimum atomic E-state index is -0.217. The summed E-state index contributed by atoms with van der Waals surface area (Å²) in [5.74, 6) is 0. The molecule has 0 aromatic heterocycles. The van der Waals surface area contributed by atoms with Crippen LogP contribution in [0.15, 0.2) is 18.2 Å². The van der Waals surface area contributed by atoms with Gasteiger partial charge in [0.2, 0.25) is 0 Å². The predicted octanol–water partition coefficient (Wildman–Crippen LogP) is 1.17. The van der Waals surface area contributed by atoms with Gasteiger partial charge in [-0.25, -0.2) is 0 Å². The van der Waals surface area contributed by atoms with E-state index in [1.807, 2.05) is 6.07 Å². The first-order valence-corrected chi connectivity index (χ1v) is 4.22. The molecule has 0 heterocycles. The van der Waals surface area contributed by atoms with Gasteiger partial charge in [-0.3, -0.25) is 0 Å². The Labute approximate surface area is 81.9 Å². The summed E-state index contributed by atoms with van der Waals surface area (Å²) in [5.41, 5.74) is 12.4. The smallest absolute Gasteiger partial charge is 0.101 e. The van der Waals surface area contributed by atoms with Crippen LogP contribution in [0, 0.1) is 11.3 Å². The monoisotopic (exact) mass is 195 g/mol. The fourth-order valence-corrected chi connectivity index (χ4v) is 1.22. The van der Waals surface area contributed by atoms with Gasteiger partial charge in [-0.15, -0.1) is 0 Å². The van der Waals surface area contributed by atoms with Crippen molar-refractivity contribution in [1.29, 1.82) is 5.26 Å². The minimum absolute atomic E-state index is 0.217. The number of nitriles is 1. The van der Waals surface area contributed by atoms with Gasteiger partial charge in [-0.2, -0.15) is 5.26 Å². The van der Waals surface area contributed by atoms with Crippen LogP contribution in [-0.2, 0) is 0 Å². The van der Waals surface area contributed by atoms with Gasteiger partial charge < -0.3 is 11.5 Å². The van der Waals surface area contributed by atoms with Crippen LogP contribution in [0.3, 0.4) is 0 Å². The molecule has 0 saturated carbocycles. The highest BCUT2D eigenvalue weighted by atomic mass is 35.5. The van der Waals surface area contributed by atoms with Crippen molar-refractivity contribution < 1.29 is 0 Å². The van der Waals surface area contributed by atoms with Crippen molar-refractivity contribution in [3.8, 4) is 6.07 Å². The lowest BCUT2D eigenvalue weighted by Crippen LogP contribution is -2.20. The molecule has 0 aliphatic carbocycles. The fraction of sp³-hybridized carbons (Fsp3) is 0.222. The summed E-state index contributed by atoms with van der Waals surface area (Å²) >= 11 is 5.81. The molecule has 0 spiro atoms. The number of rotatable bonds is 2. The van der Waals surface area contributed by atoms with Crippen molar-refractivity contribution in [2.75, 3.05) is 6.54 Å². The van der Waals surface area contributed by atoms with E-state index < -0.39 is 0 Å². The summed E-state index contributed by atoms with van der Waals surface area (Å²) < 4.78 is 0. The Hall–Kier alpha value is -1.08. The van der Waals surface area contributed by atoms with Crippen molar-refractivity contribution in [3.63, 3.8) is 0 Å². The molecular weight excluding hydrogens is 186 g/mol. The summed E-state index contributed by atoms with van der Waals surface area (Å²) in [6, 6.07) is 6.85. The molecule has 0 aliphatic rings. The normalized spacial score (nSPS) is 12.2. The Morgan fingerprint density at radius 3 is 2.69 bits per heavy atom. The first kappa shape index (κ1) is 10.0. The van der Waals surface area contributed by atoms with Gasteiger partial charge in [-0.05, 0) is 17.7 Å². The van der Waals surface area contributed by atoms with Gasteiger partial charge >= 0.3 is 0 Å². The maximum Gasteiger partial charge on any atom is 0.101 e. The zero-order valence-electron chi connectivity index (χ0n) is 7.00. The van der Waals surface area contributed by atoms with Gasteiger partial charge in [0.15, 0.2) is 0 Å². The highest BCUT2D eigenvalue weighted by molar-refractivity contribution is 6.31. The van der Waals surface area contributed by atoms with Crippen LogP contribution in [0.1, 0.15) is 17.2 Å². The summed E-state index contributed by atoms with van der Waals surface area (Å²) in [6.07, 6.45) is 0. The van der Waals surface area contributed by atoms with Crippen LogP contribution in [0.2, 0.25) is 5.02 Å². The van der Waals surface area contributed by atoms with E-state index >= 15 is 0 Å². The topological polar surface area (TPSA) is 75.8 Å². The summed E-state index contributed by atoms with van der Waals surface area (Å²) in [6.45, 7) is 0.363. The standard InChI is InChI=1S/C9H10ClN3/c10-8-3-6(9(13)5-12)1-2-7(8)4-11/h1-3,9H,5,12-13H2. The molecule has 3 nitrogen and oxygen atoms in total. The van der Waals surface area contributed by atoms with Gasteiger partial charge in [0.1, 0.15) is 6.07 Å². The molecule has 0 amide bonds. The molecule has 0 fully saturated rings. The van der Waals surface area contributed by atoms with E-state index in [4.69, 9.17) is 28.3 Å². The molecule has 1 rings (SSSR count). The van der Waals surface area contributed by atoms with E-state index in [-0.39, 0.29) is 6.04 Å². The first-order chi connectivity index (χ1) is 6.19. The number of halogens is 1. The Bertz CT molecular complexity index is 343. The number of hydrogen-bond donors (Lipinski definition) is 2. The molecule has 0 aliphatic heterocycles. The maximum absolute atomic E-state index is 8.61. The molecule has 0 radical (unpaired) electrons. The third-order valence-corrected chi connectivity index (χ3v) is 2.11. The number of nitrogens with zero attached hydrogens (tertiary/aromatic N) is 1. The molecule has 1 atom stereocenters. The number of benzene rings is 1. The quantitative estimate of drug-likeness (QED) is 0.744. The van der Waals surface area contributed by atoms with Crippen molar-refractivity contribution in [2.24, 2.45) is 11.5 Å². The lowest BCUT2D eigenvalue weighted by molar-refractivity contribution is 0.737. The molecule has 1 aromatic carbocycles. The average Bonchev–Trinajstić information content (AvgIpc) is 2.16. The van der Waals surface area contributed by atoms with Gasteiger partial charge in [-0.1, -0.05) is 17.7 Å². The average molecular weight is 196 g/mol. The van der Waals surface area contributed by atoms with Crippen LogP contribution in [0.4, 0.5) is 0 Å². The van der Waals surface area contributed by atoms with E-state index in [1.54, 1.807) is 18.2 Å². The van der Waals surface area contributed by atoms with Crippen LogP contribution in [-0.4, -0.2) is 6.54 Å². The van der Waals surface area contributed by atoms with E-state index in [0.717, 1.165) is 5.56 Å². The zero-order valence-corrected chi connectivity index (χ0v) is 7.75. The predicted molar refractivity (Wildman–Crippen MR) is 52.1 cm³/mol. The summed E-state index contributed by atoms with van der Waals surface area (Å²) in [4.78, 5) is 0. The first-order valence-electron chi connectivity index (χ1n) is 3.84. The van der Waals surface area contributed by atoms with Gasteiger partial charge in [0.25, 0.3) is 0 Å². The van der Waals surface area contributed by atoms with Gasteiger partial charge in [0.05, 0.1) is 10.6 Å². The third-order valence-electron chi connectivity index (χ3n) is 1.80. The molecular formula is C9H10ClN3. The summed E-state index contributed by atoms with van der Waals surface area (Å²) in [7, 11) is 0. The van der Waals surface area contributed by atoms with E-state index in [1.165, 1.54) is 0 Å². The van der Waals surface area contributed by atoms with Crippen molar-refractivity contribution in [1.82, 2.24) is 0 Å². The van der Waals surface area contributed by atoms with E-state index in [2.05, 4.69) is 0 Å². The lowest BCUT2D eigenvalue weighted by atomic mass is 10.1. The fourth-order valence-electron chi connectivity index (χ4n) is 0.989. The van der Waals surface area contributed by atoms with Crippen LogP contribution in [0.25, 0.3) is 0 Å². The minimum Gasteiger partial charge on any atom is -0.329 e. The number of nitrogens with two attached hydrogens (primary N) is 2. The maximum atomic E-state index is 8.61. The van der Waals surface area contributed by atoms with Gasteiger partial charge in [0, 0.05) is 12.6 Å². The molecule has 13 heavy (non-hydrogen) atoms. The molecule has 4 N–H and O–H groups in total. The largest absolute Gasteiger partial charge is 0.329 e. The van der Waals surface area contributed by atoms with Crippen molar-refractivity contribution >= 4 is 11.6 Å². The van der Waals surface area contributed by atoms with Crippen LogP contribution >= 0.6 is 11.6 Å². The molecule has 0 saturated heterocycles. The Balaban J connectivity index is 3.04. The Morgan fingerprint density at radius 1 is 1.54 bits per heavy atom. The van der Waals surface area contributed by atoms with E-state index in [0.29, 0.717) is 17.1 Å². The van der Waals surface area contributed by atoms with Crippen molar-refractivity contribution in [2.45, 2.75) is 6.04 Å². The molecule has 0 bridgehead atoms.